The van der Waals surface area contributed by atoms with Gasteiger partial charge in [-0.1, -0.05) is 13.8 Å². The molecule has 1 aliphatic carbocycles. The van der Waals surface area contributed by atoms with Crippen molar-refractivity contribution in [2.75, 3.05) is 19.3 Å². The molecule has 1 saturated carbocycles. The first-order valence-electron chi connectivity index (χ1n) is 6.04. The van der Waals surface area contributed by atoms with Crippen molar-refractivity contribution >= 4 is 15.9 Å². The van der Waals surface area contributed by atoms with Crippen molar-refractivity contribution in [2.45, 2.75) is 39.2 Å². The SMILES string of the molecule is CC(C)CNC(=O)CCN(C1CC1)S(C)(=O)=O. The van der Waals surface area contributed by atoms with E-state index in [9.17, 15) is 13.2 Å². The minimum atomic E-state index is -3.18. The monoisotopic (exact) mass is 262 g/mol. The molecule has 1 N–H and O–H groups in total. The molecule has 100 valence electrons. The largest absolute Gasteiger partial charge is 0.356 e. The van der Waals surface area contributed by atoms with Gasteiger partial charge in [0.15, 0.2) is 0 Å². The van der Waals surface area contributed by atoms with Crippen LogP contribution in [-0.4, -0.2) is 44.0 Å². The molecule has 0 aromatic heterocycles. The van der Waals surface area contributed by atoms with Crippen LogP contribution in [-0.2, 0) is 14.8 Å². The van der Waals surface area contributed by atoms with Gasteiger partial charge in [0.25, 0.3) is 0 Å². The molecule has 0 bridgehead atoms. The maximum absolute atomic E-state index is 11.5. The van der Waals surface area contributed by atoms with E-state index in [1.165, 1.54) is 10.6 Å². The number of sulfonamides is 1. The van der Waals surface area contributed by atoms with Crippen molar-refractivity contribution in [2.24, 2.45) is 5.92 Å². The van der Waals surface area contributed by atoms with Crippen LogP contribution in [0.1, 0.15) is 33.1 Å². The Kier molecular flexibility index (Phi) is 4.94. The number of hydrogen-bond acceptors (Lipinski definition) is 3. The predicted octanol–water partition coefficient (Wildman–Crippen LogP) is 0.573. The van der Waals surface area contributed by atoms with Gasteiger partial charge in [-0.05, 0) is 18.8 Å². The van der Waals surface area contributed by atoms with Crippen LogP contribution in [0.3, 0.4) is 0 Å². The lowest BCUT2D eigenvalue weighted by molar-refractivity contribution is -0.121. The quantitative estimate of drug-likeness (QED) is 0.729. The smallest absolute Gasteiger partial charge is 0.221 e. The van der Waals surface area contributed by atoms with Gasteiger partial charge in [-0.25, -0.2) is 8.42 Å². The second kappa shape index (κ2) is 5.82. The Morgan fingerprint density at radius 2 is 2.00 bits per heavy atom. The van der Waals surface area contributed by atoms with E-state index in [2.05, 4.69) is 5.32 Å². The van der Waals surface area contributed by atoms with Gasteiger partial charge in [0.1, 0.15) is 0 Å². The van der Waals surface area contributed by atoms with E-state index in [4.69, 9.17) is 0 Å². The Labute approximate surface area is 104 Å². The Bertz CT molecular complexity index is 361. The second-order valence-electron chi connectivity index (χ2n) is 5.05. The van der Waals surface area contributed by atoms with Crippen LogP contribution in [0.2, 0.25) is 0 Å². The third-order valence-electron chi connectivity index (χ3n) is 2.65. The number of nitrogens with one attached hydrogen (secondary N) is 1. The molecular weight excluding hydrogens is 240 g/mol. The maximum atomic E-state index is 11.5. The van der Waals surface area contributed by atoms with Crippen molar-refractivity contribution in [3.8, 4) is 0 Å². The highest BCUT2D eigenvalue weighted by molar-refractivity contribution is 7.88. The van der Waals surface area contributed by atoms with Gasteiger partial charge < -0.3 is 5.32 Å². The third-order valence-corrected chi connectivity index (χ3v) is 3.98. The van der Waals surface area contributed by atoms with E-state index < -0.39 is 10.0 Å². The predicted molar refractivity (Wildman–Crippen MR) is 67.0 cm³/mol. The average molecular weight is 262 g/mol. The highest BCUT2D eigenvalue weighted by Crippen LogP contribution is 2.28. The van der Waals surface area contributed by atoms with Crippen LogP contribution >= 0.6 is 0 Å². The van der Waals surface area contributed by atoms with Crippen LogP contribution in [0.4, 0.5) is 0 Å². The summed E-state index contributed by atoms with van der Waals surface area (Å²) in [5, 5.41) is 2.79. The molecule has 0 unspecified atom stereocenters. The van der Waals surface area contributed by atoms with E-state index in [-0.39, 0.29) is 18.4 Å². The zero-order valence-electron chi connectivity index (χ0n) is 10.8. The molecule has 17 heavy (non-hydrogen) atoms. The van der Waals surface area contributed by atoms with Crippen LogP contribution in [0.25, 0.3) is 0 Å². The first-order valence-corrected chi connectivity index (χ1v) is 7.89. The standard InChI is InChI=1S/C11H22N2O3S/c1-9(2)8-12-11(14)6-7-13(10-4-5-10)17(3,15)16/h9-10H,4-8H2,1-3H3,(H,12,14). The normalized spacial score (nSPS) is 16.5. The van der Waals surface area contributed by atoms with Gasteiger partial charge in [0, 0.05) is 25.6 Å². The van der Waals surface area contributed by atoms with Crippen LogP contribution in [0.5, 0.6) is 0 Å². The average Bonchev–Trinajstić information content (AvgIpc) is 2.96. The summed E-state index contributed by atoms with van der Waals surface area (Å²) in [5.41, 5.74) is 0. The minimum Gasteiger partial charge on any atom is -0.356 e. The zero-order chi connectivity index (χ0) is 13.1. The first-order chi connectivity index (χ1) is 7.80. The highest BCUT2D eigenvalue weighted by Gasteiger charge is 2.34. The Balaban J connectivity index is 2.35. The Morgan fingerprint density at radius 1 is 1.41 bits per heavy atom. The summed E-state index contributed by atoms with van der Waals surface area (Å²) in [7, 11) is -3.18. The number of nitrogens with zero attached hydrogens (tertiary/aromatic N) is 1. The van der Waals surface area contributed by atoms with Crippen molar-refractivity contribution in [3.05, 3.63) is 0 Å². The molecule has 1 aliphatic rings. The molecule has 1 amide bonds. The molecular formula is C11H22N2O3S. The van der Waals surface area contributed by atoms with Gasteiger partial charge >= 0.3 is 0 Å². The minimum absolute atomic E-state index is 0.0759. The fourth-order valence-corrected chi connectivity index (χ4v) is 2.78. The molecule has 1 fully saturated rings. The van der Waals surface area contributed by atoms with Gasteiger partial charge in [0.2, 0.25) is 15.9 Å². The fourth-order valence-electron chi connectivity index (χ4n) is 1.60. The lowest BCUT2D eigenvalue weighted by Crippen LogP contribution is -2.36. The number of amides is 1. The highest BCUT2D eigenvalue weighted by atomic mass is 32.2. The van der Waals surface area contributed by atoms with E-state index in [1.54, 1.807) is 0 Å². The van der Waals surface area contributed by atoms with Crippen LogP contribution in [0.15, 0.2) is 0 Å². The van der Waals surface area contributed by atoms with E-state index in [0.29, 0.717) is 19.0 Å². The van der Waals surface area contributed by atoms with Crippen LogP contribution in [0, 0.1) is 5.92 Å². The molecule has 5 nitrogen and oxygen atoms in total. The Hall–Kier alpha value is -0.620. The molecule has 6 heteroatoms. The second-order valence-corrected chi connectivity index (χ2v) is 6.99. The molecule has 0 aromatic carbocycles. The van der Waals surface area contributed by atoms with Crippen LogP contribution < -0.4 is 5.32 Å². The number of carbonyl (C=O) groups excluding carboxylic acids is 1. The van der Waals surface area contributed by atoms with Crippen molar-refractivity contribution < 1.29 is 13.2 Å². The number of carbonyl (C=O) groups is 1. The lowest BCUT2D eigenvalue weighted by Gasteiger charge is -2.19. The van der Waals surface area contributed by atoms with Crippen molar-refractivity contribution in [1.29, 1.82) is 0 Å². The molecule has 0 aliphatic heterocycles. The van der Waals surface area contributed by atoms with Gasteiger partial charge in [0.05, 0.1) is 6.26 Å². The molecule has 0 atom stereocenters. The summed E-state index contributed by atoms with van der Waals surface area (Å²) in [4.78, 5) is 11.5. The number of rotatable bonds is 7. The molecule has 0 aromatic rings. The fraction of sp³-hybridized carbons (Fsp3) is 0.909. The van der Waals surface area contributed by atoms with Crippen molar-refractivity contribution in [3.63, 3.8) is 0 Å². The molecule has 1 rings (SSSR count). The zero-order valence-corrected chi connectivity index (χ0v) is 11.6. The summed E-state index contributed by atoms with van der Waals surface area (Å²) >= 11 is 0. The molecule has 0 spiro atoms. The van der Waals surface area contributed by atoms with E-state index in [0.717, 1.165) is 12.8 Å². The summed E-state index contributed by atoms with van der Waals surface area (Å²) in [5.74, 6) is 0.335. The summed E-state index contributed by atoms with van der Waals surface area (Å²) in [6, 6.07) is 0.128. The number of hydrogen-bond donors (Lipinski definition) is 1. The summed E-state index contributed by atoms with van der Waals surface area (Å²) < 4.78 is 24.4. The van der Waals surface area contributed by atoms with E-state index in [1.807, 2.05) is 13.8 Å². The maximum Gasteiger partial charge on any atom is 0.221 e. The first kappa shape index (κ1) is 14.4. The molecule has 0 heterocycles. The van der Waals surface area contributed by atoms with Gasteiger partial charge in [-0.3, -0.25) is 4.79 Å². The topological polar surface area (TPSA) is 66.5 Å². The van der Waals surface area contributed by atoms with Crippen molar-refractivity contribution in [1.82, 2.24) is 9.62 Å². The summed E-state index contributed by atoms with van der Waals surface area (Å²) in [6.45, 7) is 4.98. The Morgan fingerprint density at radius 3 is 2.41 bits per heavy atom. The third kappa shape index (κ3) is 5.50. The molecule has 0 radical (unpaired) electrons. The summed E-state index contributed by atoms with van der Waals surface area (Å²) in [6.07, 6.45) is 3.29. The van der Waals surface area contributed by atoms with E-state index >= 15 is 0 Å². The van der Waals surface area contributed by atoms with Gasteiger partial charge in [-0.15, -0.1) is 0 Å². The lowest BCUT2D eigenvalue weighted by atomic mass is 10.2. The molecule has 0 saturated heterocycles. The van der Waals surface area contributed by atoms with Gasteiger partial charge in [-0.2, -0.15) is 4.31 Å².